The number of aromatic nitrogens is 2. The molecule has 0 spiro atoms. The van der Waals surface area contributed by atoms with Gasteiger partial charge in [0.15, 0.2) is 11.6 Å². The van der Waals surface area contributed by atoms with Crippen molar-refractivity contribution in [2.24, 2.45) is 11.8 Å². The normalized spacial score (nSPS) is 11.5. The van der Waals surface area contributed by atoms with Crippen LogP contribution < -0.4 is 11.3 Å². The van der Waals surface area contributed by atoms with Crippen LogP contribution in [0.2, 0.25) is 0 Å². The van der Waals surface area contributed by atoms with Gasteiger partial charge in [0.2, 0.25) is 0 Å². The van der Waals surface area contributed by atoms with Crippen molar-refractivity contribution in [2.75, 3.05) is 12.0 Å². The highest BCUT2D eigenvalue weighted by atomic mass is 32.1. The number of ether oxygens (including phenoxy) is 1. The lowest BCUT2D eigenvalue weighted by Crippen LogP contribution is -2.12. The summed E-state index contributed by atoms with van der Waals surface area (Å²) in [6, 6.07) is 0. The van der Waals surface area contributed by atoms with E-state index in [1.807, 2.05) is 0 Å². The summed E-state index contributed by atoms with van der Waals surface area (Å²) in [5, 5.41) is 1.01. The molecule has 2 rings (SSSR count). The van der Waals surface area contributed by atoms with Crippen molar-refractivity contribution in [3.63, 3.8) is 0 Å². The average Bonchev–Trinajstić information content (AvgIpc) is 2.64. The van der Waals surface area contributed by atoms with E-state index < -0.39 is 0 Å². The molecule has 0 aliphatic carbocycles. The Morgan fingerprint density at radius 2 is 2.05 bits per heavy atom. The first-order valence-corrected chi connectivity index (χ1v) is 7.15. The van der Waals surface area contributed by atoms with E-state index in [0.29, 0.717) is 30.8 Å². The topological polar surface area (TPSA) is 73.1 Å². The lowest BCUT2D eigenvalue weighted by atomic mass is 10.2. The molecule has 0 aliphatic heterocycles. The monoisotopic (exact) mass is 280 g/mol. The van der Waals surface area contributed by atoms with Gasteiger partial charge in [0.1, 0.15) is 11.4 Å². The van der Waals surface area contributed by atoms with E-state index in [2.05, 4.69) is 43.1 Å². The zero-order chi connectivity index (χ0) is 14.0. The van der Waals surface area contributed by atoms with E-state index in [4.69, 9.17) is 10.6 Å². The fraction of sp³-hybridized carbons (Fsp3) is 0.538. The number of fused-ring (bicyclic) bond motifs is 1. The smallest absolute Gasteiger partial charge is 0.158 e. The minimum absolute atomic E-state index is 0.415. The summed E-state index contributed by atoms with van der Waals surface area (Å²) in [6.07, 6.45) is 0. The number of nitrogens with one attached hydrogen (secondary N) is 1. The Morgan fingerprint density at radius 1 is 1.32 bits per heavy atom. The molecule has 0 bridgehead atoms. The third kappa shape index (κ3) is 3.02. The lowest BCUT2D eigenvalue weighted by molar-refractivity contribution is 0.0926. The van der Waals surface area contributed by atoms with Gasteiger partial charge in [-0.25, -0.2) is 15.8 Å². The van der Waals surface area contributed by atoms with Crippen LogP contribution in [-0.2, 0) is 11.3 Å². The Balaban J connectivity index is 2.32. The number of thiophene rings is 1. The predicted octanol–water partition coefficient (Wildman–Crippen LogP) is 2.77. The highest BCUT2D eigenvalue weighted by Gasteiger charge is 2.14. The molecule has 0 amide bonds. The van der Waals surface area contributed by atoms with E-state index in [9.17, 15) is 0 Å². The lowest BCUT2D eigenvalue weighted by Gasteiger charge is -2.08. The molecule has 0 fully saturated rings. The Labute approximate surface area is 117 Å². The van der Waals surface area contributed by atoms with E-state index >= 15 is 0 Å². The second-order valence-electron chi connectivity index (χ2n) is 5.01. The van der Waals surface area contributed by atoms with Crippen LogP contribution in [0.4, 0.5) is 5.82 Å². The molecule has 19 heavy (non-hydrogen) atoms. The van der Waals surface area contributed by atoms with Crippen molar-refractivity contribution in [3.8, 4) is 0 Å². The van der Waals surface area contributed by atoms with Gasteiger partial charge in [-0.2, -0.15) is 0 Å². The Morgan fingerprint density at radius 3 is 2.68 bits per heavy atom. The van der Waals surface area contributed by atoms with Crippen molar-refractivity contribution in [1.29, 1.82) is 0 Å². The molecule has 6 heteroatoms. The molecular formula is C13H20N4OS. The summed E-state index contributed by atoms with van der Waals surface area (Å²) in [7, 11) is 0. The van der Waals surface area contributed by atoms with Crippen LogP contribution in [0.1, 0.15) is 30.1 Å². The van der Waals surface area contributed by atoms with Crippen LogP contribution in [0.25, 0.3) is 10.2 Å². The average molecular weight is 280 g/mol. The summed E-state index contributed by atoms with van der Waals surface area (Å²) in [6.45, 7) is 9.49. The van der Waals surface area contributed by atoms with Gasteiger partial charge in [-0.1, -0.05) is 13.8 Å². The van der Waals surface area contributed by atoms with Crippen molar-refractivity contribution < 1.29 is 4.74 Å². The van der Waals surface area contributed by atoms with Gasteiger partial charge in [0.25, 0.3) is 0 Å². The molecule has 0 radical (unpaired) electrons. The number of nitrogens with zero attached hydrogens (tertiary/aromatic N) is 2. The molecule has 0 saturated heterocycles. The third-order valence-corrected chi connectivity index (χ3v) is 4.00. The van der Waals surface area contributed by atoms with Crippen LogP contribution in [0, 0.1) is 19.8 Å². The molecule has 2 aromatic heterocycles. The second kappa shape index (κ2) is 5.81. The quantitative estimate of drug-likeness (QED) is 0.651. The number of hydrogen-bond donors (Lipinski definition) is 2. The number of nitrogens with two attached hydrogens (primary N) is 1. The summed E-state index contributed by atoms with van der Waals surface area (Å²) < 4.78 is 5.58. The zero-order valence-electron chi connectivity index (χ0n) is 11.8. The van der Waals surface area contributed by atoms with Gasteiger partial charge in [-0.3, -0.25) is 0 Å². The molecule has 0 aromatic carbocycles. The van der Waals surface area contributed by atoms with Gasteiger partial charge in [0.05, 0.1) is 5.39 Å². The zero-order valence-corrected chi connectivity index (χ0v) is 12.6. The number of rotatable bonds is 5. The third-order valence-electron chi connectivity index (χ3n) is 2.89. The van der Waals surface area contributed by atoms with E-state index in [-0.39, 0.29) is 0 Å². The summed E-state index contributed by atoms with van der Waals surface area (Å²) in [4.78, 5) is 11.2. The number of hydrogen-bond acceptors (Lipinski definition) is 6. The maximum absolute atomic E-state index is 5.58. The fourth-order valence-electron chi connectivity index (χ4n) is 1.85. The SMILES string of the molecule is Cc1sc2nc(COCC(C)C)nc(NN)c2c1C. The van der Waals surface area contributed by atoms with Crippen molar-refractivity contribution >= 4 is 27.4 Å². The van der Waals surface area contributed by atoms with Crippen LogP contribution in [-0.4, -0.2) is 16.6 Å². The maximum atomic E-state index is 5.58. The molecule has 5 nitrogen and oxygen atoms in total. The molecule has 0 atom stereocenters. The first-order chi connectivity index (χ1) is 9.02. The second-order valence-corrected chi connectivity index (χ2v) is 6.21. The maximum Gasteiger partial charge on any atom is 0.158 e. The summed E-state index contributed by atoms with van der Waals surface area (Å²) >= 11 is 1.66. The van der Waals surface area contributed by atoms with Crippen LogP contribution >= 0.6 is 11.3 Å². The van der Waals surface area contributed by atoms with Crippen LogP contribution in [0.15, 0.2) is 0 Å². The van der Waals surface area contributed by atoms with E-state index in [1.54, 1.807) is 11.3 Å². The standard InChI is InChI=1S/C13H20N4OS/c1-7(2)5-18-6-10-15-12(17-14)11-8(3)9(4)19-13(11)16-10/h7H,5-6,14H2,1-4H3,(H,15,16,17). The highest BCUT2D eigenvalue weighted by Crippen LogP contribution is 2.32. The Hall–Kier alpha value is -1.24. The number of hydrazine groups is 1. The minimum Gasteiger partial charge on any atom is -0.373 e. The van der Waals surface area contributed by atoms with Crippen molar-refractivity contribution in [3.05, 3.63) is 16.3 Å². The number of nitrogen functional groups attached to an aromatic ring is 1. The summed E-state index contributed by atoms with van der Waals surface area (Å²) in [5.74, 6) is 7.41. The van der Waals surface area contributed by atoms with Crippen molar-refractivity contribution in [1.82, 2.24) is 9.97 Å². The molecule has 0 aliphatic rings. The Kier molecular flexibility index (Phi) is 4.34. The van der Waals surface area contributed by atoms with Gasteiger partial charge < -0.3 is 10.2 Å². The molecule has 0 saturated carbocycles. The van der Waals surface area contributed by atoms with Gasteiger partial charge in [0, 0.05) is 11.5 Å². The van der Waals surface area contributed by atoms with Gasteiger partial charge in [-0.05, 0) is 25.3 Å². The van der Waals surface area contributed by atoms with Crippen molar-refractivity contribution in [2.45, 2.75) is 34.3 Å². The molecule has 0 unspecified atom stereocenters. The molecule has 104 valence electrons. The largest absolute Gasteiger partial charge is 0.373 e. The molecule has 2 aromatic rings. The first kappa shape index (κ1) is 14.2. The molecule has 3 N–H and O–H groups in total. The van der Waals surface area contributed by atoms with E-state index in [0.717, 1.165) is 10.2 Å². The first-order valence-electron chi connectivity index (χ1n) is 6.34. The highest BCUT2D eigenvalue weighted by molar-refractivity contribution is 7.18. The minimum atomic E-state index is 0.415. The fourth-order valence-corrected chi connectivity index (χ4v) is 2.90. The number of aryl methyl sites for hydroxylation is 2. The van der Waals surface area contributed by atoms with E-state index in [1.165, 1.54) is 10.4 Å². The molecular weight excluding hydrogens is 260 g/mol. The molecule has 2 heterocycles. The Bertz CT molecular complexity index is 580. The van der Waals surface area contributed by atoms with Crippen LogP contribution in [0.3, 0.4) is 0 Å². The predicted molar refractivity (Wildman–Crippen MR) is 79.2 cm³/mol. The van der Waals surface area contributed by atoms with Crippen LogP contribution in [0.5, 0.6) is 0 Å². The number of anilines is 1. The van der Waals surface area contributed by atoms with Gasteiger partial charge in [-0.15, -0.1) is 11.3 Å². The summed E-state index contributed by atoms with van der Waals surface area (Å²) in [5.41, 5.74) is 3.85. The van der Waals surface area contributed by atoms with Gasteiger partial charge >= 0.3 is 0 Å².